The van der Waals surface area contributed by atoms with Gasteiger partial charge in [0, 0.05) is 24.3 Å². The SMILES string of the molecule is CCCCCOC(=O)c1ccc(N2C[C@H](C(=O)OCC(=O)Nc3c(CC)cccc3CC)CC2=O)cc1. The first-order valence-corrected chi connectivity index (χ1v) is 13.0. The van der Waals surface area contributed by atoms with E-state index in [9.17, 15) is 19.2 Å². The molecule has 0 radical (unpaired) electrons. The molecule has 0 aromatic heterocycles. The zero-order valence-corrected chi connectivity index (χ0v) is 21.9. The number of hydrogen-bond donors (Lipinski definition) is 1. The molecule has 198 valence electrons. The fraction of sp³-hybridized carbons (Fsp3) is 0.448. The van der Waals surface area contributed by atoms with E-state index in [1.165, 1.54) is 4.90 Å². The highest BCUT2D eigenvalue weighted by Gasteiger charge is 2.36. The summed E-state index contributed by atoms with van der Waals surface area (Å²) in [5.74, 6) is -2.29. The molecule has 8 heteroatoms. The van der Waals surface area contributed by atoms with Crippen molar-refractivity contribution in [1.29, 1.82) is 0 Å². The van der Waals surface area contributed by atoms with Crippen molar-refractivity contribution < 1.29 is 28.7 Å². The molecule has 1 saturated heterocycles. The van der Waals surface area contributed by atoms with Crippen LogP contribution in [0, 0.1) is 5.92 Å². The minimum absolute atomic E-state index is 0.000322. The van der Waals surface area contributed by atoms with Crippen LogP contribution in [0.3, 0.4) is 0 Å². The van der Waals surface area contributed by atoms with Gasteiger partial charge in [0.15, 0.2) is 6.61 Å². The van der Waals surface area contributed by atoms with Crippen LogP contribution in [0.2, 0.25) is 0 Å². The van der Waals surface area contributed by atoms with Crippen molar-refractivity contribution in [1.82, 2.24) is 0 Å². The van der Waals surface area contributed by atoms with Crippen molar-refractivity contribution in [3.05, 3.63) is 59.2 Å². The monoisotopic (exact) mass is 508 g/mol. The van der Waals surface area contributed by atoms with E-state index in [2.05, 4.69) is 12.2 Å². The second-order valence-electron chi connectivity index (χ2n) is 9.11. The lowest BCUT2D eigenvalue weighted by molar-refractivity contribution is -0.151. The minimum Gasteiger partial charge on any atom is -0.462 e. The van der Waals surface area contributed by atoms with Gasteiger partial charge in [-0.1, -0.05) is 51.8 Å². The first-order valence-electron chi connectivity index (χ1n) is 13.0. The Morgan fingerprint density at radius 2 is 1.62 bits per heavy atom. The van der Waals surface area contributed by atoms with Gasteiger partial charge in [-0.25, -0.2) is 4.79 Å². The van der Waals surface area contributed by atoms with E-state index in [1.54, 1.807) is 24.3 Å². The molecule has 0 spiro atoms. The van der Waals surface area contributed by atoms with Crippen LogP contribution in [0.4, 0.5) is 11.4 Å². The number of hydrogen-bond acceptors (Lipinski definition) is 6. The zero-order valence-electron chi connectivity index (χ0n) is 21.9. The summed E-state index contributed by atoms with van der Waals surface area (Å²) in [5, 5.41) is 2.87. The van der Waals surface area contributed by atoms with Crippen LogP contribution < -0.4 is 10.2 Å². The van der Waals surface area contributed by atoms with E-state index < -0.39 is 30.4 Å². The number of nitrogens with zero attached hydrogens (tertiary/aromatic N) is 1. The number of nitrogens with one attached hydrogen (secondary N) is 1. The summed E-state index contributed by atoms with van der Waals surface area (Å²) in [4.78, 5) is 51.4. The third kappa shape index (κ3) is 7.41. The summed E-state index contributed by atoms with van der Waals surface area (Å²) in [6.45, 7) is 6.23. The molecule has 37 heavy (non-hydrogen) atoms. The number of benzene rings is 2. The average molecular weight is 509 g/mol. The van der Waals surface area contributed by atoms with Crippen LogP contribution >= 0.6 is 0 Å². The molecule has 1 fully saturated rings. The van der Waals surface area contributed by atoms with Gasteiger partial charge in [-0.2, -0.15) is 0 Å². The number of rotatable bonds is 12. The number of para-hydroxylation sites is 1. The van der Waals surface area contributed by atoms with Crippen LogP contribution in [-0.2, 0) is 36.7 Å². The van der Waals surface area contributed by atoms with E-state index in [0.717, 1.165) is 48.9 Å². The Labute approximate surface area is 218 Å². The predicted molar refractivity (Wildman–Crippen MR) is 141 cm³/mol. The van der Waals surface area contributed by atoms with Gasteiger partial charge in [0.1, 0.15) is 0 Å². The molecule has 2 aromatic rings. The van der Waals surface area contributed by atoms with Crippen molar-refractivity contribution in [2.24, 2.45) is 5.92 Å². The van der Waals surface area contributed by atoms with Crippen molar-refractivity contribution in [2.45, 2.75) is 59.3 Å². The molecular formula is C29H36N2O6. The van der Waals surface area contributed by atoms with Gasteiger partial charge in [-0.3, -0.25) is 14.4 Å². The fourth-order valence-electron chi connectivity index (χ4n) is 4.33. The Kier molecular flexibility index (Phi) is 10.2. The highest BCUT2D eigenvalue weighted by Crippen LogP contribution is 2.27. The molecule has 1 N–H and O–H groups in total. The molecule has 1 aliphatic heterocycles. The fourth-order valence-corrected chi connectivity index (χ4v) is 4.33. The maximum absolute atomic E-state index is 12.6. The van der Waals surface area contributed by atoms with E-state index >= 15 is 0 Å². The highest BCUT2D eigenvalue weighted by atomic mass is 16.5. The number of anilines is 2. The third-order valence-corrected chi connectivity index (χ3v) is 6.46. The van der Waals surface area contributed by atoms with E-state index in [4.69, 9.17) is 9.47 Å². The summed E-state index contributed by atoms with van der Waals surface area (Å²) in [6.07, 6.45) is 4.41. The topological polar surface area (TPSA) is 102 Å². The molecule has 1 atom stereocenters. The lowest BCUT2D eigenvalue weighted by Gasteiger charge is -2.17. The Balaban J connectivity index is 1.52. The number of esters is 2. The van der Waals surface area contributed by atoms with Crippen molar-refractivity contribution in [3.63, 3.8) is 0 Å². The first-order chi connectivity index (χ1) is 17.9. The molecule has 8 nitrogen and oxygen atoms in total. The van der Waals surface area contributed by atoms with E-state index in [1.807, 2.05) is 32.0 Å². The van der Waals surface area contributed by atoms with Crippen LogP contribution in [0.15, 0.2) is 42.5 Å². The lowest BCUT2D eigenvalue weighted by Crippen LogP contribution is -2.28. The predicted octanol–water partition coefficient (Wildman–Crippen LogP) is 4.69. The molecular weight excluding hydrogens is 472 g/mol. The summed E-state index contributed by atoms with van der Waals surface area (Å²) >= 11 is 0. The van der Waals surface area contributed by atoms with Crippen molar-refractivity contribution in [2.75, 3.05) is 30.0 Å². The molecule has 2 aromatic carbocycles. The van der Waals surface area contributed by atoms with Gasteiger partial charge < -0.3 is 19.7 Å². The van der Waals surface area contributed by atoms with Gasteiger partial charge in [0.25, 0.3) is 5.91 Å². The van der Waals surface area contributed by atoms with Gasteiger partial charge in [0.2, 0.25) is 5.91 Å². The van der Waals surface area contributed by atoms with Crippen LogP contribution in [0.25, 0.3) is 0 Å². The molecule has 1 heterocycles. The quantitative estimate of drug-likeness (QED) is 0.330. The normalized spacial score (nSPS) is 14.9. The molecule has 0 unspecified atom stereocenters. The Morgan fingerprint density at radius 3 is 2.24 bits per heavy atom. The second kappa shape index (κ2) is 13.6. The smallest absolute Gasteiger partial charge is 0.338 e. The lowest BCUT2D eigenvalue weighted by atomic mass is 10.0. The number of amides is 2. The summed E-state index contributed by atoms with van der Waals surface area (Å²) in [6, 6.07) is 12.4. The average Bonchev–Trinajstić information content (AvgIpc) is 3.31. The summed E-state index contributed by atoms with van der Waals surface area (Å²) in [7, 11) is 0. The molecule has 2 amide bonds. The number of aryl methyl sites for hydroxylation is 2. The summed E-state index contributed by atoms with van der Waals surface area (Å²) < 4.78 is 10.5. The van der Waals surface area contributed by atoms with E-state index in [-0.39, 0.29) is 18.9 Å². The van der Waals surface area contributed by atoms with Crippen LogP contribution in [0.1, 0.15) is 67.9 Å². The molecule has 1 aliphatic rings. The Bertz CT molecular complexity index is 1090. The highest BCUT2D eigenvalue weighted by molar-refractivity contribution is 6.00. The van der Waals surface area contributed by atoms with Crippen molar-refractivity contribution in [3.8, 4) is 0 Å². The van der Waals surface area contributed by atoms with Crippen LogP contribution in [0.5, 0.6) is 0 Å². The van der Waals surface area contributed by atoms with Crippen molar-refractivity contribution >= 4 is 35.1 Å². The largest absolute Gasteiger partial charge is 0.462 e. The maximum Gasteiger partial charge on any atom is 0.338 e. The van der Waals surface area contributed by atoms with E-state index in [0.29, 0.717) is 17.9 Å². The number of carbonyl (C=O) groups excluding carboxylic acids is 4. The number of unbranched alkanes of at least 4 members (excludes halogenated alkanes) is 2. The Hall–Kier alpha value is -3.68. The van der Waals surface area contributed by atoms with Gasteiger partial charge in [0.05, 0.1) is 18.1 Å². The van der Waals surface area contributed by atoms with Gasteiger partial charge >= 0.3 is 11.9 Å². The van der Waals surface area contributed by atoms with Crippen LogP contribution in [-0.4, -0.2) is 43.5 Å². The number of ether oxygens (including phenoxy) is 2. The standard InChI is InChI=1S/C29H36N2O6/c1-4-7-8-16-36-28(34)22-12-14-24(15-13-22)31-18-23(17-26(31)33)29(35)37-19-25(32)30-27-20(5-2)10-9-11-21(27)6-3/h9-15,23H,4-8,16-19H2,1-3H3,(H,30,32)/t23-/m1/s1. The maximum atomic E-state index is 12.6. The molecule has 3 rings (SSSR count). The Morgan fingerprint density at radius 1 is 0.946 bits per heavy atom. The third-order valence-electron chi connectivity index (χ3n) is 6.46. The summed E-state index contributed by atoms with van der Waals surface area (Å²) in [5.41, 5.74) is 3.80. The molecule has 0 saturated carbocycles. The van der Waals surface area contributed by atoms with Gasteiger partial charge in [-0.15, -0.1) is 0 Å². The zero-order chi connectivity index (χ0) is 26.8. The van der Waals surface area contributed by atoms with Gasteiger partial charge in [-0.05, 0) is 54.7 Å². The number of carbonyl (C=O) groups is 4. The minimum atomic E-state index is -0.669. The second-order valence-corrected chi connectivity index (χ2v) is 9.11. The molecule has 0 bridgehead atoms. The molecule has 0 aliphatic carbocycles. The first kappa shape index (κ1) is 27.9.